The van der Waals surface area contributed by atoms with Crippen molar-refractivity contribution in [2.24, 2.45) is 5.92 Å². The molecule has 0 aliphatic carbocycles. The van der Waals surface area contributed by atoms with E-state index in [0.29, 0.717) is 12.5 Å². The number of hydrogen-bond acceptors (Lipinski definition) is 2. The van der Waals surface area contributed by atoms with E-state index in [2.05, 4.69) is 21.2 Å². The molecule has 1 aromatic rings. The van der Waals surface area contributed by atoms with E-state index in [4.69, 9.17) is 0 Å². The number of nitrogens with zero attached hydrogens (tertiary/aromatic N) is 1. The van der Waals surface area contributed by atoms with Crippen molar-refractivity contribution in [1.82, 2.24) is 9.88 Å². The van der Waals surface area contributed by atoms with Gasteiger partial charge in [-0.25, -0.2) is 0 Å². The first kappa shape index (κ1) is 13.0. The van der Waals surface area contributed by atoms with Gasteiger partial charge in [-0.1, -0.05) is 13.8 Å². The Hall–Kier alpha value is -1.10. The van der Waals surface area contributed by atoms with E-state index in [1.165, 1.54) is 10.6 Å². The fraction of sp³-hybridized carbons (Fsp3) is 0.455. The summed E-state index contributed by atoms with van der Waals surface area (Å²) < 4.78 is 2.16. The van der Waals surface area contributed by atoms with Gasteiger partial charge in [0.2, 0.25) is 5.91 Å². The minimum absolute atomic E-state index is 0.0605. The number of nitrogens with one attached hydrogen (secondary N) is 1. The summed E-state index contributed by atoms with van der Waals surface area (Å²) in [4.78, 5) is 22.9. The van der Waals surface area contributed by atoms with Crippen LogP contribution in [0, 0.1) is 5.92 Å². The summed E-state index contributed by atoms with van der Waals surface area (Å²) in [5.74, 6) is 0.261. The van der Waals surface area contributed by atoms with Crippen LogP contribution in [0.4, 0.5) is 0 Å². The quantitative estimate of drug-likeness (QED) is 0.909. The molecule has 0 saturated heterocycles. The zero-order valence-electron chi connectivity index (χ0n) is 9.37. The molecule has 1 heterocycles. The standard InChI is InChI=1S/C11H15BrN2O2/c1-8(2)5-13-10(15)7-14-6-9(12)3-4-11(14)16/h3-4,6,8H,5,7H2,1-2H3,(H,13,15). The third-order valence-electron chi connectivity index (χ3n) is 1.97. The zero-order valence-corrected chi connectivity index (χ0v) is 11.0. The second-order valence-corrected chi connectivity index (χ2v) is 4.93. The lowest BCUT2D eigenvalue weighted by Crippen LogP contribution is -2.33. The lowest BCUT2D eigenvalue weighted by atomic mass is 10.2. The molecule has 0 atom stereocenters. The average Bonchev–Trinajstić information content (AvgIpc) is 2.20. The Bertz CT molecular complexity index is 426. The van der Waals surface area contributed by atoms with Crippen LogP contribution in [-0.2, 0) is 11.3 Å². The largest absolute Gasteiger partial charge is 0.354 e. The van der Waals surface area contributed by atoms with Gasteiger partial charge in [0, 0.05) is 23.3 Å². The van der Waals surface area contributed by atoms with Crippen molar-refractivity contribution in [3.63, 3.8) is 0 Å². The molecule has 1 aromatic heterocycles. The van der Waals surface area contributed by atoms with Crippen LogP contribution >= 0.6 is 15.9 Å². The highest BCUT2D eigenvalue weighted by molar-refractivity contribution is 9.10. The van der Waals surface area contributed by atoms with E-state index in [1.54, 1.807) is 12.3 Å². The number of aromatic nitrogens is 1. The number of amides is 1. The highest BCUT2D eigenvalue weighted by Gasteiger charge is 2.05. The fourth-order valence-corrected chi connectivity index (χ4v) is 1.53. The van der Waals surface area contributed by atoms with E-state index in [9.17, 15) is 9.59 Å². The van der Waals surface area contributed by atoms with Crippen LogP contribution in [-0.4, -0.2) is 17.0 Å². The summed E-state index contributed by atoms with van der Waals surface area (Å²) in [5, 5.41) is 2.76. The molecule has 0 unspecified atom stereocenters. The lowest BCUT2D eigenvalue weighted by molar-refractivity contribution is -0.121. The summed E-state index contributed by atoms with van der Waals surface area (Å²) in [5.41, 5.74) is -0.178. The van der Waals surface area contributed by atoms with E-state index in [1.807, 2.05) is 13.8 Å². The Labute approximate surface area is 103 Å². The van der Waals surface area contributed by atoms with Crippen molar-refractivity contribution < 1.29 is 4.79 Å². The Morgan fingerprint density at radius 2 is 2.19 bits per heavy atom. The third kappa shape index (κ3) is 4.18. The molecule has 5 heteroatoms. The first-order valence-corrected chi connectivity index (χ1v) is 5.91. The number of hydrogen-bond donors (Lipinski definition) is 1. The van der Waals surface area contributed by atoms with Crippen LogP contribution in [0.2, 0.25) is 0 Å². The van der Waals surface area contributed by atoms with Gasteiger partial charge in [-0.15, -0.1) is 0 Å². The first-order chi connectivity index (χ1) is 7.49. The van der Waals surface area contributed by atoms with Crippen molar-refractivity contribution in [3.8, 4) is 0 Å². The summed E-state index contributed by atoms with van der Waals surface area (Å²) >= 11 is 3.26. The van der Waals surface area contributed by atoms with Gasteiger partial charge in [0.25, 0.3) is 5.56 Å². The van der Waals surface area contributed by atoms with Gasteiger partial charge >= 0.3 is 0 Å². The van der Waals surface area contributed by atoms with Crippen molar-refractivity contribution >= 4 is 21.8 Å². The molecule has 1 N–H and O–H groups in total. The molecule has 0 aliphatic heterocycles. The van der Waals surface area contributed by atoms with Crippen LogP contribution in [0.1, 0.15) is 13.8 Å². The Kier molecular flexibility index (Phi) is 4.73. The van der Waals surface area contributed by atoms with Crippen molar-refractivity contribution in [3.05, 3.63) is 33.2 Å². The number of carbonyl (C=O) groups is 1. The lowest BCUT2D eigenvalue weighted by Gasteiger charge is -2.09. The predicted molar refractivity (Wildman–Crippen MR) is 66.2 cm³/mol. The van der Waals surface area contributed by atoms with Crippen LogP contribution in [0.5, 0.6) is 0 Å². The van der Waals surface area contributed by atoms with E-state index in [-0.39, 0.29) is 18.0 Å². The number of rotatable bonds is 4. The molecule has 1 rings (SSSR count). The minimum Gasteiger partial charge on any atom is -0.354 e. The average molecular weight is 287 g/mol. The smallest absolute Gasteiger partial charge is 0.251 e. The Morgan fingerprint density at radius 3 is 2.81 bits per heavy atom. The fourth-order valence-electron chi connectivity index (χ4n) is 1.15. The molecule has 4 nitrogen and oxygen atoms in total. The molecule has 88 valence electrons. The molecule has 1 amide bonds. The van der Waals surface area contributed by atoms with E-state index < -0.39 is 0 Å². The molecule has 0 aliphatic rings. The molecule has 0 fully saturated rings. The maximum atomic E-state index is 11.5. The Morgan fingerprint density at radius 1 is 1.50 bits per heavy atom. The van der Waals surface area contributed by atoms with Gasteiger partial charge in [0.15, 0.2) is 0 Å². The molecular formula is C11H15BrN2O2. The van der Waals surface area contributed by atoms with Crippen molar-refractivity contribution in [1.29, 1.82) is 0 Å². The van der Waals surface area contributed by atoms with Crippen LogP contribution < -0.4 is 10.9 Å². The summed E-state index contributed by atoms with van der Waals surface area (Å²) in [6, 6.07) is 3.09. The highest BCUT2D eigenvalue weighted by Crippen LogP contribution is 2.04. The van der Waals surface area contributed by atoms with Gasteiger partial charge in [-0.2, -0.15) is 0 Å². The van der Waals surface area contributed by atoms with Crippen LogP contribution in [0.15, 0.2) is 27.6 Å². The zero-order chi connectivity index (χ0) is 12.1. The number of halogens is 1. The molecule has 0 bridgehead atoms. The second-order valence-electron chi connectivity index (χ2n) is 4.01. The molecular weight excluding hydrogens is 272 g/mol. The molecule has 0 aromatic carbocycles. The second kappa shape index (κ2) is 5.84. The SMILES string of the molecule is CC(C)CNC(=O)Cn1cc(Br)ccc1=O. The molecule has 0 radical (unpaired) electrons. The van der Waals surface area contributed by atoms with Crippen LogP contribution in [0.3, 0.4) is 0 Å². The van der Waals surface area contributed by atoms with Gasteiger partial charge in [-0.3, -0.25) is 9.59 Å². The van der Waals surface area contributed by atoms with Gasteiger partial charge < -0.3 is 9.88 Å². The summed E-state index contributed by atoms with van der Waals surface area (Å²) in [6.07, 6.45) is 1.61. The van der Waals surface area contributed by atoms with Crippen molar-refractivity contribution in [2.45, 2.75) is 20.4 Å². The summed E-state index contributed by atoms with van der Waals surface area (Å²) in [7, 11) is 0. The molecule has 16 heavy (non-hydrogen) atoms. The van der Waals surface area contributed by atoms with Gasteiger partial charge in [0.05, 0.1) is 0 Å². The van der Waals surface area contributed by atoms with Gasteiger partial charge in [0.1, 0.15) is 6.54 Å². The van der Waals surface area contributed by atoms with E-state index >= 15 is 0 Å². The van der Waals surface area contributed by atoms with Crippen LogP contribution in [0.25, 0.3) is 0 Å². The maximum Gasteiger partial charge on any atom is 0.251 e. The van der Waals surface area contributed by atoms with Gasteiger partial charge in [-0.05, 0) is 27.9 Å². The normalized spacial score (nSPS) is 10.5. The molecule has 0 spiro atoms. The number of pyridine rings is 1. The topological polar surface area (TPSA) is 51.1 Å². The molecule has 0 saturated carbocycles. The first-order valence-electron chi connectivity index (χ1n) is 5.11. The maximum absolute atomic E-state index is 11.5. The predicted octanol–water partition coefficient (Wildman–Crippen LogP) is 1.38. The monoisotopic (exact) mass is 286 g/mol. The minimum atomic E-state index is -0.178. The number of carbonyl (C=O) groups excluding carboxylic acids is 1. The van der Waals surface area contributed by atoms with E-state index in [0.717, 1.165) is 4.47 Å². The summed E-state index contributed by atoms with van der Waals surface area (Å²) in [6.45, 7) is 4.73. The highest BCUT2D eigenvalue weighted by atomic mass is 79.9. The van der Waals surface area contributed by atoms with Crippen molar-refractivity contribution in [2.75, 3.05) is 6.54 Å². The Balaban J connectivity index is 2.62. The third-order valence-corrected chi connectivity index (χ3v) is 2.44.